The number of amides is 2. The van der Waals surface area contributed by atoms with Crippen LogP contribution in [-0.4, -0.2) is 55.4 Å². The van der Waals surface area contributed by atoms with Crippen molar-refractivity contribution >= 4 is 34.8 Å². The SMILES string of the molecule is CC(C)[C@@H](NCc1ccc(-c2nn3cccnc3c2C(=O)N[C@H]2N=C(c3ccccc3)c3cccc(F)c3NC2=O)c(F)c1)C(=O)O. The molecule has 3 heterocycles. The molecular weight excluding hydrogens is 608 g/mol. The predicted octanol–water partition coefficient (Wildman–Crippen LogP) is 4.42. The lowest BCUT2D eigenvalue weighted by molar-refractivity contribution is -0.140. The Labute approximate surface area is 267 Å². The van der Waals surface area contributed by atoms with Crippen LogP contribution in [0.3, 0.4) is 0 Å². The lowest BCUT2D eigenvalue weighted by atomic mass is 10.0. The number of halogens is 2. The number of carboxylic acid groups (broad SMARTS) is 1. The fraction of sp³-hybridized carbons (Fsp3) is 0.176. The average Bonchev–Trinajstić information content (AvgIpc) is 3.37. The van der Waals surface area contributed by atoms with Crippen LogP contribution >= 0.6 is 0 Å². The van der Waals surface area contributed by atoms with E-state index in [4.69, 9.17) is 0 Å². The summed E-state index contributed by atoms with van der Waals surface area (Å²) in [6, 6.07) is 18.2. The monoisotopic (exact) mass is 637 g/mol. The molecule has 1 aliphatic rings. The zero-order valence-corrected chi connectivity index (χ0v) is 25.2. The standard InChI is InChI=1S/C34H29F2N7O4/c1-18(2)26(34(46)47)38-17-19-12-13-21(24(36)16-19)29-25(31-37-14-7-15-43(31)42-29)32(44)41-30-33(45)40-28-22(10-6-11-23(28)35)27(39-30)20-8-4-3-5-9-20/h3-16,18,26,30,38H,17H2,1-2H3,(H,40,45)(H,41,44)(H,46,47)/t26-,30-/m1/s1. The molecule has 0 spiro atoms. The summed E-state index contributed by atoms with van der Waals surface area (Å²) < 4.78 is 31.9. The molecule has 0 bridgehead atoms. The van der Waals surface area contributed by atoms with Crippen LogP contribution in [0.1, 0.15) is 40.9 Å². The number of aromatic nitrogens is 3. The summed E-state index contributed by atoms with van der Waals surface area (Å²) in [5, 5.41) is 22.0. The van der Waals surface area contributed by atoms with Gasteiger partial charge in [-0.2, -0.15) is 5.10 Å². The van der Waals surface area contributed by atoms with Crippen molar-refractivity contribution in [2.45, 2.75) is 32.6 Å². The second kappa shape index (κ2) is 12.9. The van der Waals surface area contributed by atoms with Gasteiger partial charge in [-0.15, -0.1) is 0 Å². The van der Waals surface area contributed by atoms with Crippen LogP contribution in [-0.2, 0) is 16.1 Å². The molecule has 0 fully saturated rings. The number of para-hydroxylation sites is 1. The van der Waals surface area contributed by atoms with Crippen LogP contribution in [0.4, 0.5) is 14.5 Å². The second-order valence-electron chi connectivity index (χ2n) is 11.2. The van der Waals surface area contributed by atoms with Crippen LogP contribution in [0.5, 0.6) is 0 Å². The Hall–Kier alpha value is -5.82. The van der Waals surface area contributed by atoms with Gasteiger partial charge in [-0.3, -0.25) is 14.4 Å². The van der Waals surface area contributed by atoms with Crippen LogP contribution in [0.15, 0.2) is 90.2 Å². The topological polar surface area (TPSA) is 150 Å². The van der Waals surface area contributed by atoms with E-state index < -0.39 is 41.6 Å². The molecule has 0 aliphatic carbocycles. The first-order chi connectivity index (χ1) is 22.6. The quantitative estimate of drug-likeness (QED) is 0.187. The maximum absolute atomic E-state index is 15.7. The largest absolute Gasteiger partial charge is 0.480 e. The number of carbonyl (C=O) groups is 3. The summed E-state index contributed by atoms with van der Waals surface area (Å²) in [4.78, 5) is 47.8. The first-order valence-electron chi connectivity index (χ1n) is 14.7. The first-order valence-corrected chi connectivity index (χ1v) is 14.7. The maximum Gasteiger partial charge on any atom is 0.320 e. The minimum atomic E-state index is -1.50. The van der Waals surface area contributed by atoms with Gasteiger partial charge in [0.1, 0.15) is 28.9 Å². The van der Waals surface area contributed by atoms with Gasteiger partial charge in [0.2, 0.25) is 6.17 Å². The summed E-state index contributed by atoms with van der Waals surface area (Å²) in [6.45, 7) is 3.63. The summed E-state index contributed by atoms with van der Waals surface area (Å²) in [5.41, 5.74) is 1.54. The Balaban J connectivity index is 1.36. The van der Waals surface area contributed by atoms with E-state index in [2.05, 4.69) is 31.0 Å². The minimum absolute atomic E-state index is 0.0173. The molecule has 0 radical (unpaired) electrons. The molecule has 3 aromatic carbocycles. The van der Waals surface area contributed by atoms with Gasteiger partial charge in [0.25, 0.3) is 11.8 Å². The average molecular weight is 638 g/mol. The molecule has 13 heteroatoms. The van der Waals surface area contributed by atoms with E-state index in [0.29, 0.717) is 16.7 Å². The highest BCUT2D eigenvalue weighted by Gasteiger charge is 2.32. The number of aliphatic imine (C=N–C) groups is 1. The van der Waals surface area contributed by atoms with Crippen molar-refractivity contribution in [1.82, 2.24) is 25.2 Å². The lowest BCUT2D eigenvalue weighted by Crippen LogP contribution is -2.42. The molecule has 0 unspecified atom stereocenters. The van der Waals surface area contributed by atoms with Crippen molar-refractivity contribution in [3.05, 3.63) is 119 Å². The highest BCUT2D eigenvalue weighted by Crippen LogP contribution is 2.30. The Morgan fingerprint density at radius 3 is 2.51 bits per heavy atom. The number of hydrogen-bond donors (Lipinski definition) is 4. The third-order valence-corrected chi connectivity index (χ3v) is 7.71. The molecule has 2 atom stereocenters. The number of benzene rings is 3. The zero-order valence-electron chi connectivity index (χ0n) is 25.2. The van der Waals surface area contributed by atoms with Gasteiger partial charge in [-0.05, 0) is 35.7 Å². The molecule has 4 N–H and O–H groups in total. The normalized spacial score (nSPS) is 15.0. The number of benzodiazepines with no additional fused rings is 1. The number of anilines is 1. The van der Waals surface area contributed by atoms with E-state index >= 15 is 4.39 Å². The third kappa shape index (κ3) is 6.20. The van der Waals surface area contributed by atoms with E-state index in [1.165, 1.54) is 35.0 Å². The molecular formula is C34H29F2N7O4. The Morgan fingerprint density at radius 2 is 1.79 bits per heavy atom. The number of hydrogen-bond acceptors (Lipinski definition) is 7. The molecule has 238 valence electrons. The summed E-state index contributed by atoms with van der Waals surface area (Å²) in [7, 11) is 0. The van der Waals surface area contributed by atoms with Crippen LogP contribution in [0.2, 0.25) is 0 Å². The van der Waals surface area contributed by atoms with Gasteiger partial charge in [0, 0.05) is 35.6 Å². The van der Waals surface area contributed by atoms with E-state index in [1.54, 1.807) is 68.6 Å². The van der Waals surface area contributed by atoms with Crippen molar-refractivity contribution in [2.75, 3.05) is 5.32 Å². The van der Waals surface area contributed by atoms with Gasteiger partial charge in [0.05, 0.1) is 11.4 Å². The van der Waals surface area contributed by atoms with Crippen molar-refractivity contribution < 1.29 is 28.3 Å². The van der Waals surface area contributed by atoms with Gasteiger partial charge in [-0.1, -0.05) is 62.4 Å². The number of carbonyl (C=O) groups excluding carboxylic acids is 2. The summed E-state index contributed by atoms with van der Waals surface area (Å²) >= 11 is 0. The van der Waals surface area contributed by atoms with Crippen molar-refractivity contribution in [2.24, 2.45) is 10.9 Å². The first kappa shape index (κ1) is 31.2. The molecule has 6 rings (SSSR count). The number of nitrogens with zero attached hydrogens (tertiary/aromatic N) is 4. The Morgan fingerprint density at radius 1 is 1.00 bits per heavy atom. The molecule has 5 aromatic rings. The van der Waals surface area contributed by atoms with E-state index in [1.807, 2.05) is 0 Å². The molecule has 2 aromatic heterocycles. The highest BCUT2D eigenvalue weighted by atomic mass is 19.1. The molecule has 11 nitrogen and oxygen atoms in total. The number of aliphatic carboxylic acids is 1. The minimum Gasteiger partial charge on any atom is -0.480 e. The predicted molar refractivity (Wildman–Crippen MR) is 170 cm³/mol. The van der Waals surface area contributed by atoms with Crippen molar-refractivity contribution in [1.29, 1.82) is 0 Å². The van der Waals surface area contributed by atoms with Crippen LogP contribution in [0.25, 0.3) is 16.9 Å². The molecule has 47 heavy (non-hydrogen) atoms. The molecule has 1 aliphatic heterocycles. The second-order valence-corrected chi connectivity index (χ2v) is 11.2. The summed E-state index contributed by atoms with van der Waals surface area (Å²) in [6.07, 6.45) is 1.48. The molecule has 0 saturated heterocycles. The summed E-state index contributed by atoms with van der Waals surface area (Å²) in [5.74, 6) is -4.19. The van der Waals surface area contributed by atoms with Crippen LogP contribution in [0, 0.1) is 17.6 Å². The zero-order chi connectivity index (χ0) is 33.2. The fourth-order valence-electron chi connectivity index (χ4n) is 5.40. The van der Waals surface area contributed by atoms with E-state index in [-0.39, 0.29) is 46.3 Å². The lowest BCUT2D eigenvalue weighted by Gasteiger charge is -2.18. The Bertz CT molecular complexity index is 2050. The Kier molecular flexibility index (Phi) is 8.55. The van der Waals surface area contributed by atoms with Crippen LogP contribution < -0.4 is 16.0 Å². The number of carboxylic acids is 1. The highest BCUT2D eigenvalue weighted by molar-refractivity contribution is 6.20. The number of rotatable bonds is 9. The smallest absolute Gasteiger partial charge is 0.320 e. The van der Waals surface area contributed by atoms with Gasteiger partial charge >= 0.3 is 5.97 Å². The van der Waals surface area contributed by atoms with E-state index in [9.17, 15) is 23.9 Å². The van der Waals surface area contributed by atoms with Gasteiger partial charge < -0.3 is 21.1 Å². The maximum atomic E-state index is 15.7. The fourth-order valence-corrected chi connectivity index (χ4v) is 5.40. The number of fused-ring (bicyclic) bond motifs is 2. The van der Waals surface area contributed by atoms with Crippen molar-refractivity contribution in [3.63, 3.8) is 0 Å². The van der Waals surface area contributed by atoms with Crippen molar-refractivity contribution in [3.8, 4) is 11.3 Å². The third-order valence-electron chi connectivity index (χ3n) is 7.71. The molecule has 0 saturated carbocycles. The van der Waals surface area contributed by atoms with Gasteiger partial charge in [0.15, 0.2) is 5.65 Å². The molecule has 2 amide bonds. The van der Waals surface area contributed by atoms with Gasteiger partial charge in [-0.25, -0.2) is 23.3 Å². The number of nitrogens with one attached hydrogen (secondary N) is 3. The van der Waals surface area contributed by atoms with E-state index in [0.717, 1.165) is 0 Å².